The molecule has 0 unspecified atom stereocenters. The summed E-state index contributed by atoms with van der Waals surface area (Å²) in [7, 11) is 0. The van der Waals surface area contributed by atoms with Crippen LogP contribution in [0.2, 0.25) is 0 Å². The number of piperidine rings is 2. The quantitative estimate of drug-likeness (QED) is 0.899. The molecule has 0 radical (unpaired) electrons. The predicted molar refractivity (Wildman–Crippen MR) is 87.0 cm³/mol. The number of nitrogens with one attached hydrogen (secondary N) is 1. The second-order valence-electron chi connectivity index (χ2n) is 6.58. The third kappa shape index (κ3) is 4.42. The summed E-state index contributed by atoms with van der Waals surface area (Å²) in [5, 5.41) is 3.30. The number of nitrogens with zero attached hydrogens (tertiary/aromatic N) is 1. The number of hydrogen-bond donors (Lipinski definition) is 1. The van der Waals surface area contributed by atoms with Crippen LogP contribution in [0.25, 0.3) is 0 Å². The van der Waals surface area contributed by atoms with Gasteiger partial charge < -0.3 is 10.1 Å². The molecular formula is C18H26F2N2O. The molecule has 3 nitrogen and oxygen atoms in total. The first-order chi connectivity index (χ1) is 11.2. The zero-order valence-corrected chi connectivity index (χ0v) is 13.6. The minimum Gasteiger partial charge on any atom is -0.492 e. The van der Waals surface area contributed by atoms with E-state index in [9.17, 15) is 8.78 Å². The zero-order chi connectivity index (χ0) is 16.1. The Morgan fingerprint density at radius 1 is 1.04 bits per heavy atom. The molecule has 0 aliphatic carbocycles. The highest BCUT2D eigenvalue weighted by Gasteiger charge is 2.22. The highest BCUT2D eigenvalue weighted by Crippen LogP contribution is 2.34. The number of rotatable bonds is 5. The topological polar surface area (TPSA) is 24.5 Å². The van der Waals surface area contributed by atoms with Crippen LogP contribution < -0.4 is 10.1 Å². The summed E-state index contributed by atoms with van der Waals surface area (Å²) in [5.41, 5.74) is 0.823. The molecule has 1 aromatic carbocycles. The van der Waals surface area contributed by atoms with Crippen molar-refractivity contribution in [1.82, 2.24) is 10.2 Å². The van der Waals surface area contributed by atoms with Gasteiger partial charge in [0, 0.05) is 18.2 Å². The molecule has 2 fully saturated rings. The molecule has 23 heavy (non-hydrogen) atoms. The lowest BCUT2D eigenvalue weighted by molar-refractivity contribution is 0.181. The van der Waals surface area contributed by atoms with E-state index in [0.29, 0.717) is 12.4 Å². The maximum atomic E-state index is 13.7. The fourth-order valence-corrected chi connectivity index (χ4v) is 3.59. The predicted octanol–water partition coefficient (Wildman–Crippen LogP) is 3.30. The maximum Gasteiger partial charge on any atom is 0.162 e. The van der Waals surface area contributed by atoms with Gasteiger partial charge >= 0.3 is 0 Å². The first-order valence-electron chi connectivity index (χ1n) is 8.79. The third-order valence-corrected chi connectivity index (χ3v) is 4.95. The van der Waals surface area contributed by atoms with Crippen LogP contribution >= 0.6 is 0 Å². The van der Waals surface area contributed by atoms with Crippen molar-refractivity contribution in [2.24, 2.45) is 0 Å². The molecule has 0 spiro atoms. The van der Waals surface area contributed by atoms with Crippen molar-refractivity contribution in [3.8, 4) is 5.75 Å². The van der Waals surface area contributed by atoms with Crippen molar-refractivity contribution in [3.63, 3.8) is 0 Å². The number of halogens is 2. The normalized spacial score (nSPS) is 20.6. The minimum atomic E-state index is -0.823. The molecule has 2 aliphatic rings. The Kier molecular flexibility index (Phi) is 5.84. The molecule has 0 amide bonds. The molecule has 1 aromatic rings. The molecule has 0 atom stereocenters. The van der Waals surface area contributed by atoms with Gasteiger partial charge in [-0.25, -0.2) is 8.78 Å². The van der Waals surface area contributed by atoms with Gasteiger partial charge in [-0.05, 0) is 63.8 Å². The highest BCUT2D eigenvalue weighted by molar-refractivity contribution is 5.38. The summed E-state index contributed by atoms with van der Waals surface area (Å²) in [4.78, 5) is 2.38. The fourth-order valence-electron chi connectivity index (χ4n) is 3.59. The standard InChI is InChI=1S/C18H26F2N2O/c19-16-12-15(14-4-6-21-7-5-14)18(13-17(16)20)23-11-10-22-8-2-1-3-9-22/h12-14,21H,1-11H2. The molecular weight excluding hydrogens is 298 g/mol. The smallest absolute Gasteiger partial charge is 0.162 e. The van der Waals surface area contributed by atoms with E-state index in [1.54, 1.807) is 0 Å². The molecule has 2 saturated heterocycles. The van der Waals surface area contributed by atoms with Crippen molar-refractivity contribution in [3.05, 3.63) is 29.3 Å². The van der Waals surface area contributed by atoms with Gasteiger partial charge in [0.25, 0.3) is 0 Å². The molecule has 0 aromatic heterocycles. The number of benzene rings is 1. The lowest BCUT2D eigenvalue weighted by Gasteiger charge is -2.27. The fraction of sp³-hybridized carbons (Fsp3) is 0.667. The van der Waals surface area contributed by atoms with Gasteiger partial charge in [-0.15, -0.1) is 0 Å². The summed E-state index contributed by atoms with van der Waals surface area (Å²) in [6.07, 6.45) is 5.67. The third-order valence-electron chi connectivity index (χ3n) is 4.95. The van der Waals surface area contributed by atoms with Gasteiger partial charge in [0.05, 0.1) is 0 Å². The van der Waals surface area contributed by atoms with E-state index in [2.05, 4.69) is 10.2 Å². The average Bonchev–Trinajstić information content (AvgIpc) is 2.59. The lowest BCUT2D eigenvalue weighted by Crippen LogP contribution is -2.33. The van der Waals surface area contributed by atoms with Crippen LogP contribution in [0.4, 0.5) is 8.78 Å². The number of hydrogen-bond acceptors (Lipinski definition) is 3. The SMILES string of the molecule is Fc1cc(OCCN2CCCCC2)c(C2CCNCC2)cc1F. The summed E-state index contributed by atoms with van der Waals surface area (Å²) in [6.45, 7) is 5.44. The van der Waals surface area contributed by atoms with Gasteiger partial charge in [0.1, 0.15) is 12.4 Å². The Morgan fingerprint density at radius 3 is 2.48 bits per heavy atom. The summed E-state index contributed by atoms with van der Waals surface area (Å²) < 4.78 is 33.2. The van der Waals surface area contributed by atoms with Crippen LogP contribution in [0.1, 0.15) is 43.6 Å². The summed E-state index contributed by atoms with van der Waals surface area (Å²) in [5.74, 6) is -0.832. The van der Waals surface area contributed by atoms with Gasteiger partial charge in [0.2, 0.25) is 0 Å². The van der Waals surface area contributed by atoms with Crippen molar-refractivity contribution >= 4 is 0 Å². The van der Waals surface area contributed by atoms with Crippen molar-refractivity contribution in [2.45, 2.75) is 38.0 Å². The second kappa shape index (κ2) is 8.06. The molecule has 128 valence electrons. The van der Waals surface area contributed by atoms with E-state index in [-0.39, 0.29) is 5.92 Å². The Bertz CT molecular complexity index is 512. The molecule has 5 heteroatoms. The number of ether oxygens (including phenoxy) is 1. The highest BCUT2D eigenvalue weighted by atomic mass is 19.2. The van der Waals surface area contributed by atoms with Crippen molar-refractivity contribution in [2.75, 3.05) is 39.3 Å². The van der Waals surface area contributed by atoms with E-state index < -0.39 is 11.6 Å². The monoisotopic (exact) mass is 324 g/mol. The summed E-state index contributed by atoms with van der Waals surface area (Å²) in [6, 6.07) is 2.56. The minimum absolute atomic E-state index is 0.247. The average molecular weight is 324 g/mol. The number of likely N-dealkylation sites (tertiary alicyclic amines) is 1. The largest absolute Gasteiger partial charge is 0.492 e. The van der Waals surface area contributed by atoms with E-state index >= 15 is 0 Å². The van der Waals surface area contributed by atoms with Crippen LogP contribution in [0.15, 0.2) is 12.1 Å². The van der Waals surface area contributed by atoms with Crippen LogP contribution in [0.3, 0.4) is 0 Å². The second-order valence-corrected chi connectivity index (χ2v) is 6.58. The van der Waals surface area contributed by atoms with E-state index in [0.717, 1.165) is 51.1 Å². The maximum absolute atomic E-state index is 13.7. The van der Waals surface area contributed by atoms with Gasteiger partial charge in [-0.2, -0.15) is 0 Å². The zero-order valence-electron chi connectivity index (χ0n) is 13.6. The van der Waals surface area contributed by atoms with E-state index in [1.165, 1.54) is 31.4 Å². The Hall–Kier alpha value is -1.20. The Morgan fingerprint density at radius 2 is 1.74 bits per heavy atom. The summed E-state index contributed by atoms with van der Waals surface area (Å²) >= 11 is 0. The van der Waals surface area contributed by atoms with Gasteiger partial charge in [0.15, 0.2) is 11.6 Å². The van der Waals surface area contributed by atoms with Crippen molar-refractivity contribution < 1.29 is 13.5 Å². The van der Waals surface area contributed by atoms with Gasteiger partial charge in [-0.1, -0.05) is 6.42 Å². The molecule has 0 bridgehead atoms. The van der Waals surface area contributed by atoms with E-state index in [1.807, 2.05) is 0 Å². The molecule has 1 N–H and O–H groups in total. The first-order valence-corrected chi connectivity index (χ1v) is 8.79. The van der Waals surface area contributed by atoms with E-state index in [4.69, 9.17) is 4.74 Å². The van der Waals surface area contributed by atoms with Crippen LogP contribution in [0, 0.1) is 11.6 Å². The van der Waals surface area contributed by atoms with Crippen LogP contribution in [0.5, 0.6) is 5.75 Å². The molecule has 2 heterocycles. The first kappa shape index (κ1) is 16.7. The molecule has 0 saturated carbocycles. The molecule has 3 rings (SSSR count). The van der Waals surface area contributed by atoms with Gasteiger partial charge in [-0.3, -0.25) is 4.90 Å². The van der Waals surface area contributed by atoms with Crippen LogP contribution in [-0.4, -0.2) is 44.2 Å². The van der Waals surface area contributed by atoms with Crippen molar-refractivity contribution in [1.29, 1.82) is 0 Å². The Labute approximate surface area is 137 Å². The lowest BCUT2D eigenvalue weighted by atomic mass is 9.89. The van der Waals surface area contributed by atoms with Crippen LogP contribution in [-0.2, 0) is 0 Å². The molecule has 2 aliphatic heterocycles. The Balaban J connectivity index is 1.65.